The van der Waals surface area contributed by atoms with Gasteiger partial charge >= 0.3 is 17.9 Å². The molecule has 36 heavy (non-hydrogen) atoms. The third kappa shape index (κ3) is 8.55. The number of aromatic hydroxyl groups is 3. The van der Waals surface area contributed by atoms with Crippen molar-refractivity contribution >= 4 is 17.9 Å². The van der Waals surface area contributed by atoms with E-state index in [-0.39, 0.29) is 22.8 Å². The Bertz CT molecular complexity index is 1140. The number of allylic oxidation sites excluding steroid dienone is 3. The van der Waals surface area contributed by atoms with Crippen LogP contribution < -0.4 is 17.2 Å². The zero-order valence-corrected chi connectivity index (χ0v) is 19.3. The lowest BCUT2D eigenvalue weighted by Crippen LogP contribution is -2.36. The lowest BCUT2D eigenvalue weighted by atomic mass is 9.99. The fourth-order valence-electron chi connectivity index (χ4n) is 3.21. The van der Waals surface area contributed by atoms with Crippen molar-refractivity contribution in [3.63, 3.8) is 0 Å². The van der Waals surface area contributed by atoms with Crippen molar-refractivity contribution in [2.45, 2.75) is 37.4 Å². The van der Waals surface area contributed by atoms with Crippen LogP contribution >= 0.6 is 0 Å². The monoisotopic (exact) mass is 499 g/mol. The molecule has 1 aliphatic carbocycles. The Hall–Kier alpha value is -4.19. The first-order chi connectivity index (χ1) is 17.0. The topological polar surface area (TPSA) is 219 Å². The molecule has 0 saturated carbocycles. The van der Waals surface area contributed by atoms with Gasteiger partial charge in [0.2, 0.25) is 0 Å². The first-order valence-electron chi connectivity index (χ1n) is 10.9. The minimum absolute atomic E-state index is 0.0178. The second kappa shape index (κ2) is 13.0. The van der Waals surface area contributed by atoms with E-state index in [9.17, 15) is 24.6 Å². The highest BCUT2D eigenvalue weighted by molar-refractivity contribution is 5.91. The number of ether oxygens (including phenoxy) is 1. The van der Waals surface area contributed by atoms with Gasteiger partial charge in [-0.05, 0) is 54.7 Å². The number of carboxylic acid groups (broad SMARTS) is 1. The maximum Gasteiger partial charge on any atom is 0.335 e. The van der Waals surface area contributed by atoms with Crippen LogP contribution in [0.15, 0.2) is 66.3 Å². The van der Waals surface area contributed by atoms with Crippen molar-refractivity contribution in [3.05, 3.63) is 77.4 Å². The van der Waals surface area contributed by atoms with Gasteiger partial charge in [-0.15, -0.1) is 0 Å². The van der Waals surface area contributed by atoms with E-state index < -0.39 is 36.0 Å². The van der Waals surface area contributed by atoms with Crippen LogP contribution in [0.2, 0.25) is 0 Å². The number of nitrogens with two attached hydrogens (primary N) is 3. The molecule has 11 heteroatoms. The van der Waals surface area contributed by atoms with E-state index in [0.717, 1.165) is 24.5 Å². The third-order valence-electron chi connectivity index (χ3n) is 5.11. The summed E-state index contributed by atoms with van der Waals surface area (Å²) in [5.41, 5.74) is 18.3. The predicted octanol–water partition coefficient (Wildman–Crippen LogP) is 1.64. The van der Waals surface area contributed by atoms with Gasteiger partial charge in [-0.2, -0.15) is 0 Å². The van der Waals surface area contributed by atoms with Gasteiger partial charge in [0.25, 0.3) is 0 Å². The number of hydrogen-bond donors (Lipinski definition) is 7. The van der Waals surface area contributed by atoms with Gasteiger partial charge in [-0.1, -0.05) is 35.9 Å². The number of rotatable bonds is 7. The molecule has 192 valence electrons. The van der Waals surface area contributed by atoms with Gasteiger partial charge in [0.1, 0.15) is 35.4 Å². The van der Waals surface area contributed by atoms with E-state index in [4.69, 9.17) is 32.2 Å². The molecule has 10 N–H and O–H groups in total. The van der Waals surface area contributed by atoms with Crippen molar-refractivity contribution in [1.29, 1.82) is 0 Å². The normalized spacial score (nSPS) is 14.9. The third-order valence-corrected chi connectivity index (χ3v) is 5.11. The number of hydrogen-bond acceptors (Lipinski definition) is 10. The Morgan fingerprint density at radius 1 is 0.833 bits per heavy atom. The molecule has 0 fully saturated rings. The Morgan fingerprint density at radius 2 is 1.47 bits per heavy atom. The van der Waals surface area contributed by atoms with Gasteiger partial charge in [-0.25, -0.2) is 9.59 Å². The summed E-state index contributed by atoms with van der Waals surface area (Å²) >= 11 is 0. The van der Waals surface area contributed by atoms with Crippen molar-refractivity contribution in [2.24, 2.45) is 17.2 Å². The molecule has 2 unspecified atom stereocenters. The fourth-order valence-corrected chi connectivity index (χ4v) is 3.21. The minimum Gasteiger partial charge on any atom is -0.508 e. The average Bonchev–Trinajstić information content (AvgIpc) is 2.83. The van der Waals surface area contributed by atoms with Crippen LogP contribution in [0, 0.1) is 0 Å². The Morgan fingerprint density at radius 3 is 2.03 bits per heavy atom. The summed E-state index contributed by atoms with van der Waals surface area (Å²) in [6.07, 6.45) is 7.80. The number of aliphatic carboxylic acids is 1. The maximum absolute atomic E-state index is 12.0. The molecule has 0 bridgehead atoms. The molecule has 0 heterocycles. The summed E-state index contributed by atoms with van der Waals surface area (Å²) in [6, 6.07) is 6.03. The Balaban J connectivity index is 0.000000319. The predicted molar refractivity (Wildman–Crippen MR) is 130 cm³/mol. The van der Waals surface area contributed by atoms with E-state index in [0.29, 0.717) is 12.0 Å². The second-order valence-electron chi connectivity index (χ2n) is 8.00. The smallest absolute Gasteiger partial charge is 0.335 e. The largest absolute Gasteiger partial charge is 0.508 e. The van der Waals surface area contributed by atoms with Gasteiger partial charge in [0.15, 0.2) is 0 Å². The molecule has 11 nitrogen and oxygen atoms in total. The molecule has 0 radical (unpaired) electrons. The fraction of sp³-hybridized carbons (Fsp3) is 0.240. The summed E-state index contributed by atoms with van der Waals surface area (Å²) in [5.74, 6) is -3.47. The number of phenols is 3. The number of carboxylic acids is 1. The van der Waals surface area contributed by atoms with Crippen molar-refractivity contribution in [3.8, 4) is 17.2 Å². The number of carbonyl (C=O) groups is 3. The number of esters is 2. The van der Waals surface area contributed by atoms with E-state index in [1.165, 1.54) is 24.3 Å². The van der Waals surface area contributed by atoms with Gasteiger partial charge in [0, 0.05) is 6.07 Å². The van der Waals surface area contributed by atoms with E-state index in [2.05, 4.69) is 0 Å². The molecule has 0 aliphatic heterocycles. The molecule has 0 saturated heterocycles. The summed E-state index contributed by atoms with van der Waals surface area (Å²) in [7, 11) is 0. The van der Waals surface area contributed by atoms with Crippen molar-refractivity contribution < 1.29 is 39.5 Å². The van der Waals surface area contributed by atoms with Crippen molar-refractivity contribution in [2.75, 3.05) is 0 Å². The quantitative estimate of drug-likeness (QED) is 0.165. The van der Waals surface area contributed by atoms with Crippen LogP contribution in [-0.4, -0.2) is 44.4 Å². The number of benzene rings is 2. The van der Waals surface area contributed by atoms with E-state index in [1.807, 2.05) is 18.2 Å². The van der Waals surface area contributed by atoms with Gasteiger partial charge in [0.05, 0.1) is 0 Å². The lowest BCUT2D eigenvalue weighted by molar-refractivity contribution is -0.161. The zero-order valence-electron chi connectivity index (χ0n) is 19.3. The molecular weight excluding hydrogens is 470 g/mol. The summed E-state index contributed by atoms with van der Waals surface area (Å²) in [5, 5.41) is 36.3. The number of phenolic OH excluding ortho intramolecular Hbond substituents is 3. The summed E-state index contributed by atoms with van der Waals surface area (Å²) in [4.78, 5) is 34.3. The molecule has 3 rings (SSSR count). The van der Waals surface area contributed by atoms with Crippen LogP contribution in [0.5, 0.6) is 17.2 Å². The summed E-state index contributed by atoms with van der Waals surface area (Å²) in [6.45, 7) is 0. The first kappa shape index (κ1) is 28.1. The minimum atomic E-state index is -1.32. The highest BCUT2D eigenvalue weighted by Crippen LogP contribution is 2.25. The highest BCUT2D eigenvalue weighted by Gasteiger charge is 2.25. The standard InChI is InChI=1S/C17H20N2O5.C8H9NO3/c18-14(6-10-4-2-1-3-5-10)16(22)24-17(23)15(19)11-7-12(20)9-13(21)8-11;9-7(8(11)12)5-2-1-3-6(10)4-5/h1-2,5,7-9,14-15,20-21H,3-4,6,18-19H2;1-4,7,10H,9H2,(H,11,12)/t14-,15?;/m0./s1. The first-order valence-corrected chi connectivity index (χ1v) is 10.9. The lowest BCUT2D eigenvalue weighted by Gasteiger charge is -2.16. The summed E-state index contributed by atoms with van der Waals surface area (Å²) < 4.78 is 4.71. The second-order valence-corrected chi connectivity index (χ2v) is 8.00. The Labute approximate surface area is 207 Å². The van der Waals surface area contributed by atoms with E-state index >= 15 is 0 Å². The zero-order chi connectivity index (χ0) is 26.8. The molecule has 1 aliphatic rings. The maximum atomic E-state index is 12.0. The molecule has 0 spiro atoms. The molecule has 2 aromatic carbocycles. The Kier molecular flexibility index (Phi) is 10.2. The van der Waals surface area contributed by atoms with Gasteiger partial charge < -0.3 is 42.4 Å². The number of carbonyl (C=O) groups excluding carboxylic acids is 2. The molecule has 3 atom stereocenters. The van der Waals surface area contributed by atoms with Crippen LogP contribution in [0.4, 0.5) is 0 Å². The van der Waals surface area contributed by atoms with Crippen LogP contribution in [0.3, 0.4) is 0 Å². The molecule has 0 amide bonds. The SMILES string of the molecule is NC(C(=O)O)c1cccc(O)c1.NC(C(=O)OC(=O)[C@@H](N)CC1=CCC=CC1)c1cc(O)cc(O)c1. The van der Waals surface area contributed by atoms with Gasteiger partial charge in [-0.3, -0.25) is 4.79 Å². The average molecular weight is 500 g/mol. The van der Waals surface area contributed by atoms with Crippen LogP contribution in [0.1, 0.15) is 42.5 Å². The van der Waals surface area contributed by atoms with Crippen LogP contribution in [-0.2, 0) is 19.1 Å². The molecular formula is C25H29N3O8. The highest BCUT2D eigenvalue weighted by atomic mass is 16.6. The molecule has 2 aromatic rings. The van der Waals surface area contributed by atoms with E-state index in [1.54, 1.807) is 12.1 Å². The van der Waals surface area contributed by atoms with Crippen molar-refractivity contribution in [1.82, 2.24) is 0 Å². The molecule has 0 aromatic heterocycles. The van der Waals surface area contributed by atoms with Crippen LogP contribution in [0.25, 0.3) is 0 Å².